The van der Waals surface area contributed by atoms with E-state index in [4.69, 9.17) is 13.9 Å². The third-order valence-corrected chi connectivity index (χ3v) is 5.48. The van der Waals surface area contributed by atoms with Crippen molar-refractivity contribution in [1.29, 1.82) is 0 Å². The van der Waals surface area contributed by atoms with E-state index in [1.54, 1.807) is 20.1 Å². The Morgan fingerprint density at radius 1 is 1.26 bits per heavy atom. The first-order valence-corrected chi connectivity index (χ1v) is 10.9. The van der Waals surface area contributed by atoms with Gasteiger partial charge in [-0.1, -0.05) is 30.7 Å². The van der Waals surface area contributed by atoms with Crippen LogP contribution in [0.3, 0.4) is 0 Å². The van der Waals surface area contributed by atoms with Gasteiger partial charge in [-0.2, -0.15) is 0 Å². The highest BCUT2D eigenvalue weighted by Gasteiger charge is 2.27. The number of furan rings is 1. The SMILES string of the molecule is C=C(CC/C=C(\C)CCC(=O)c1ccoc1)CCC[C@H](C)/C=C1\OC(=O)C(C)=C1OC. The Morgan fingerprint density at radius 2 is 2.03 bits per heavy atom. The average molecular weight is 427 g/mol. The normalized spacial score (nSPS) is 16.6. The summed E-state index contributed by atoms with van der Waals surface area (Å²) in [5.41, 5.74) is 3.62. The van der Waals surface area contributed by atoms with Crippen LogP contribution in [0.4, 0.5) is 0 Å². The van der Waals surface area contributed by atoms with Gasteiger partial charge in [0.1, 0.15) is 6.26 Å². The molecule has 0 saturated heterocycles. The quantitative estimate of drug-likeness (QED) is 0.200. The van der Waals surface area contributed by atoms with Gasteiger partial charge in [-0.3, -0.25) is 4.79 Å². The van der Waals surface area contributed by atoms with Gasteiger partial charge in [0.2, 0.25) is 0 Å². The summed E-state index contributed by atoms with van der Waals surface area (Å²) >= 11 is 0. The Labute approximate surface area is 185 Å². The van der Waals surface area contributed by atoms with Gasteiger partial charge in [0.15, 0.2) is 17.3 Å². The van der Waals surface area contributed by atoms with Gasteiger partial charge in [0.05, 0.1) is 24.5 Å². The number of cyclic esters (lactones) is 1. The maximum atomic E-state index is 12.0. The largest absolute Gasteiger partial charge is 0.492 e. The van der Waals surface area contributed by atoms with Gasteiger partial charge in [-0.15, -0.1) is 0 Å². The standard InChI is InChI=1S/C26H34O5/c1-18(8-6-10-19(2)12-13-23(27)22-14-15-30-17-22)9-7-11-20(3)16-24-25(29-5)21(4)26(28)31-24/h10,14-17,20H,1,6-9,11-13H2,2-5H3/b19-10+,24-16-/t20-/m0/s1. The van der Waals surface area contributed by atoms with Crippen LogP contribution < -0.4 is 0 Å². The summed E-state index contributed by atoms with van der Waals surface area (Å²) in [6.07, 6.45) is 13.4. The molecule has 0 spiro atoms. The van der Waals surface area contributed by atoms with E-state index in [1.165, 1.54) is 23.7 Å². The second-order valence-corrected chi connectivity index (χ2v) is 8.22. The lowest BCUT2D eigenvalue weighted by Crippen LogP contribution is -1.98. The van der Waals surface area contributed by atoms with Crippen LogP contribution in [0.25, 0.3) is 0 Å². The summed E-state index contributed by atoms with van der Waals surface area (Å²) in [5.74, 6) is 1.13. The first kappa shape index (κ1) is 24.4. The zero-order valence-electron chi connectivity index (χ0n) is 19.2. The molecule has 0 radical (unpaired) electrons. The minimum Gasteiger partial charge on any atom is -0.492 e. The molecule has 0 N–H and O–H groups in total. The molecule has 2 rings (SSSR count). The molecule has 168 valence electrons. The van der Waals surface area contributed by atoms with E-state index in [9.17, 15) is 9.59 Å². The summed E-state index contributed by atoms with van der Waals surface area (Å²) in [6, 6.07) is 1.71. The van der Waals surface area contributed by atoms with Crippen LogP contribution in [-0.4, -0.2) is 18.9 Å². The van der Waals surface area contributed by atoms with Crippen molar-refractivity contribution in [3.63, 3.8) is 0 Å². The second-order valence-electron chi connectivity index (χ2n) is 8.22. The van der Waals surface area contributed by atoms with Gasteiger partial charge >= 0.3 is 5.97 Å². The maximum absolute atomic E-state index is 12.0. The fourth-order valence-electron chi connectivity index (χ4n) is 3.51. The van der Waals surface area contributed by atoms with Gasteiger partial charge in [0.25, 0.3) is 0 Å². The molecule has 1 aromatic rings. The van der Waals surface area contributed by atoms with Crippen LogP contribution >= 0.6 is 0 Å². The van der Waals surface area contributed by atoms with Crippen LogP contribution in [0, 0.1) is 5.92 Å². The number of Topliss-reactive ketones (excluding diaryl/α,β-unsaturated/α-hetero) is 1. The van der Waals surface area contributed by atoms with Crippen molar-refractivity contribution in [2.24, 2.45) is 5.92 Å². The molecule has 5 heteroatoms. The molecule has 0 unspecified atom stereocenters. The Kier molecular flexibility index (Phi) is 9.57. The predicted molar refractivity (Wildman–Crippen MR) is 121 cm³/mol. The van der Waals surface area contributed by atoms with Crippen LogP contribution in [0.15, 0.2) is 70.0 Å². The highest BCUT2D eigenvalue weighted by molar-refractivity contribution is 5.95. The molecule has 31 heavy (non-hydrogen) atoms. The third-order valence-electron chi connectivity index (χ3n) is 5.48. The summed E-state index contributed by atoms with van der Waals surface area (Å²) in [5, 5.41) is 0. The van der Waals surface area contributed by atoms with E-state index in [1.807, 2.05) is 6.08 Å². The zero-order chi connectivity index (χ0) is 22.8. The number of carbonyl (C=O) groups is 2. The van der Waals surface area contributed by atoms with E-state index in [-0.39, 0.29) is 17.7 Å². The average Bonchev–Trinajstić information content (AvgIpc) is 3.35. The molecule has 0 aliphatic carbocycles. The molecular weight excluding hydrogens is 392 g/mol. The summed E-state index contributed by atoms with van der Waals surface area (Å²) < 4.78 is 15.5. The van der Waals surface area contributed by atoms with Crippen molar-refractivity contribution < 1.29 is 23.5 Å². The fourth-order valence-corrected chi connectivity index (χ4v) is 3.51. The Balaban J connectivity index is 1.64. The fraction of sp³-hybridized carbons (Fsp3) is 0.462. The van der Waals surface area contributed by atoms with Crippen molar-refractivity contribution >= 4 is 11.8 Å². The van der Waals surface area contributed by atoms with Crippen LogP contribution in [0.1, 0.15) is 76.1 Å². The molecule has 0 bridgehead atoms. The lowest BCUT2D eigenvalue weighted by molar-refractivity contribution is -0.133. The highest BCUT2D eigenvalue weighted by atomic mass is 16.6. The first-order valence-electron chi connectivity index (χ1n) is 10.9. The summed E-state index contributed by atoms with van der Waals surface area (Å²) in [6.45, 7) is 10.1. The van der Waals surface area contributed by atoms with E-state index >= 15 is 0 Å². The monoisotopic (exact) mass is 426 g/mol. The Hall–Kier alpha value is -2.82. The minimum absolute atomic E-state index is 0.116. The molecular formula is C26H34O5. The minimum atomic E-state index is -0.335. The summed E-state index contributed by atoms with van der Waals surface area (Å²) in [7, 11) is 1.55. The van der Waals surface area contributed by atoms with Crippen molar-refractivity contribution in [2.45, 2.75) is 65.7 Å². The summed E-state index contributed by atoms with van der Waals surface area (Å²) in [4.78, 5) is 23.7. The van der Waals surface area contributed by atoms with Crippen LogP contribution in [-0.2, 0) is 14.3 Å². The van der Waals surface area contributed by atoms with Gasteiger partial charge in [0, 0.05) is 6.42 Å². The van der Waals surface area contributed by atoms with E-state index in [2.05, 4.69) is 26.5 Å². The van der Waals surface area contributed by atoms with E-state index in [0.717, 1.165) is 38.5 Å². The molecule has 2 heterocycles. The topological polar surface area (TPSA) is 65.7 Å². The Bertz CT molecular complexity index is 868. The van der Waals surface area contributed by atoms with Crippen LogP contribution in [0.5, 0.6) is 0 Å². The number of hydrogen-bond donors (Lipinski definition) is 0. The van der Waals surface area contributed by atoms with Crippen LogP contribution in [0.2, 0.25) is 0 Å². The molecule has 0 saturated carbocycles. The van der Waals surface area contributed by atoms with Gasteiger partial charge in [-0.25, -0.2) is 4.79 Å². The number of carbonyl (C=O) groups excluding carboxylic acids is 2. The molecule has 5 nitrogen and oxygen atoms in total. The van der Waals surface area contributed by atoms with E-state index < -0.39 is 0 Å². The van der Waals surface area contributed by atoms with Crippen molar-refractivity contribution in [2.75, 3.05) is 7.11 Å². The van der Waals surface area contributed by atoms with E-state index in [0.29, 0.717) is 29.1 Å². The lowest BCUT2D eigenvalue weighted by atomic mass is 9.98. The van der Waals surface area contributed by atoms with Crippen molar-refractivity contribution in [3.8, 4) is 0 Å². The van der Waals surface area contributed by atoms with Gasteiger partial charge in [-0.05, 0) is 70.4 Å². The number of hydrogen-bond acceptors (Lipinski definition) is 5. The number of allylic oxidation sites excluding steroid dienone is 4. The number of rotatable bonds is 13. The van der Waals surface area contributed by atoms with Crippen molar-refractivity contribution in [1.82, 2.24) is 0 Å². The molecule has 1 atom stereocenters. The molecule has 0 amide bonds. The van der Waals surface area contributed by atoms with Crippen molar-refractivity contribution in [3.05, 3.63) is 71.1 Å². The zero-order valence-corrected chi connectivity index (χ0v) is 19.2. The number of ketones is 1. The predicted octanol–water partition coefficient (Wildman–Crippen LogP) is 6.69. The first-order chi connectivity index (χ1) is 14.8. The Morgan fingerprint density at radius 3 is 2.71 bits per heavy atom. The maximum Gasteiger partial charge on any atom is 0.343 e. The molecule has 0 aromatic carbocycles. The second kappa shape index (κ2) is 12.1. The highest BCUT2D eigenvalue weighted by Crippen LogP contribution is 2.28. The molecule has 1 aliphatic rings. The lowest BCUT2D eigenvalue weighted by Gasteiger charge is -2.10. The molecule has 1 aromatic heterocycles. The molecule has 0 fully saturated rings. The third kappa shape index (κ3) is 7.74. The smallest absolute Gasteiger partial charge is 0.343 e. The number of methoxy groups -OCH3 is 1. The number of esters is 1. The molecule has 1 aliphatic heterocycles. The van der Waals surface area contributed by atoms with Gasteiger partial charge < -0.3 is 13.9 Å². The number of ether oxygens (including phenoxy) is 2.